The number of aromatic amines is 1. The topological polar surface area (TPSA) is 79.6 Å². The average molecular weight is 218 g/mol. The van der Waals surface area contributed by atoms with Gasteiger partial charge in [-0.1, -0.05) is 5.92 Å². The number of nitrogens with one attached hydrogen (secondary N) is 1. The molecule has 0 aliphatic carbocycles. The summed E-state index contributed by atoms with van der Waals surface area (Å²) in [5.41, 5.74) is -1.53. The van der Waals surface area contributed by atoms with Gasteiger partial charge in [-0.05, 0) is 13.8 Å². The van der Waals surface area contributed by atoms with E-state index >= 15 is 0 Å². The van der Waals surface area contributed by atoms with Crippen molar-refractivity contribution in [2.75, 3.05) is 0 Å². The van der Waals surface area contributed by atoms with Crippen molar-refractivity contribution in [2.24, 2.45) is 9.98 Å². The van der Waals surface area contributed by atoms with E-state index in [1.165, 1.54) is 0 Å². The second kappa shape index (κ2) is 3.17. The molecule has 0 aromatic carbocycles. The number of fused-ring (bicyclic) bond motifs is 1. The number of nitrogens with zero attached hydrogens (tertiary/aromatic N) is 3. The first kappa shape index (κ1) is 10.4. The Bertz CT molecular complexity index is 715. The van der Waals surface area contributed by atoms with Gasteiger partial charge in [0.25, 0.3) is 5.56 Å². The number of aromatic nitrogens is 2. The van der Waals surface area contributed by atoms with E-state index in [0.29, 0.717) is 0 Å². The first-order valence-electron chi connectivity index (χ1n) is 4.71. The first-order chi connectivity index (χ1) is 7.44. The molecule has 6 nitrogen and oxygen atoms in total. The first-order valence-corrected chi connectivity index (χ1v) is 4.71. The van der Waals surface area contributed by atoms with Crippen LogP contribution in [0.3, 0.4) is 0 Å². The van der Waals surface area contributed by atoms with E-state index in [1.807, 2.05) is 0 Å². The van der Waals surface area contributed by atoms with Crippen LogP contribution < -0.4 is 22.1 Å². The zero-order valence-corrected chi connectivity index (χ0v) is 8.94. The van der Waals surface area contributed by atoms with E-state index in [1.54, 1.807) is 13.8 Å². The van der Waals surface area contributed by atoms with Gasteiger partial charge in [-0.15, -0.1) is 6.42 Å². The molecule has 0 bridgehead atoms. The fraction of sp³-hybridized carbons (Fsp3) is 0.400. The molecule has 0 atom stereocenters. The highest BCUT2D eigenvalue weighted by Crippen LogP contribution is 2.08. The molecule has 1 aromatic rings. The van der Waals surface area contributed by atoms with Gasteiger partial charge in [0.2, 0.25) is 0 Å². The Morgan fingerprint density at radius 2 is 2.12 bits per heavy atom. The molecule has 0 saturated heterocycles. The molecular formula is C10H10N4O2. The van der Waals surface area contributed by atoms with Crippen LogP contribution >= 0.6 is 0 Å². The third-order valence-electron chi connectivity index (χ3n) is 2.16. The third kappa shape index (κ3) is 1.46. The van der Waals surface area contributed by atoms with Gasteiger partial charge in [0.15, 0.2) is 10.8 Å². The predicted octanol–water partition coefficient (Wildman–Crippen LogP) is -1.84. The second-order valence-corrected chi connectivity index (χ2v) is 3.94. The molecule has 82 valence electrons. The number of hydrogen-bond donors (Lipinski definition) is 1. The van der Waals surface area contributed by atoms with Crippen molar-refractivity contribution in [3.8, 4) is 12.3 Å². The molecule has 0 spiro atoms. The summed E-state index contributed by atoms with van der Waals surface area (Å²) in [6, 6.07) is 0. The average Bonchev–Trinajstić information content (AvgIpc) is 2.48. The van der Waals surface area contributed by atoms with Gasteiger partial charge in [0.1, 0.15) is 5.66 Å². The molecule has 6 heteroatoms. The van der Waals surface area contributed by atoms with Crippen LogP contribution in [0.2, 0.25) is 0 Å². The SMILES string of the molecule is C#CCn1c(=O)[nH]c2c(c1=O)=NC(C)(C)N=2. The van der Waals surface area contributed by atoms with Crippen LogP contribution in [0.4, 0.5) is 0 Å². The van der Waals surface area contributed by atoms with Crippen LogP contribution in [-0.2, 0) is 6.54 Å². The van der Waals surface area contributed by atoms with Crippen LogP contribution in [0.25, 0.3) is 0 Å². The molecule has 0 amide bonds. The minimum absolute atomic E-state index is 0.0720. The number of H-pyrrole nitrogens is 1. The number of rotatable bonds is 1. The lowest BCUT2D eigenvalue weighted by Gasteiger charge is -2.06. The fourth-order valence-electron chi connectivity index (χ4n) is 1.54. The van der Waals surface area contributed by atoms with Crippen LogP contribution in [0.15, 0.2) is 19.6 Å². The normalized spacial score (nSPS) is 15.8. The Hall–Kier alpha value is -2.16. The van der Waals surface area contributed by atoms with Crippen molar-refractivity contribution in [3.05, 3.63) is 31.7 Å². The molecule has 1 aliphatic heterocycles. The maximum atomic E-state index is 11.9. The van der Waals surface area contributed by atoms with Gasteiger partial charge in [-0.3, -0.25) is 9.78 Å². The van der Waals surface area contributed by atoms with E-state index in [-0.39, 0.29) is 17.4 Å². The van der Waals surface area contributed by atoms with E-state index < -0.39 is 16.9 Å². The lowest BCUT2D eigenvalue weighted by Crippen LogP contribution is -2.52. The Kier molecular flexibility index (Phi) is 2.05. The Morgan fingerprint density at radius 3 is 2.75 bits per heavy atom. The summed E-state index contributed by atoms with van der Waals surface area (Å²) in [5.74, 6) is 2.25. The Morgan fingerprint density at radius 1 is 1.44 bits per heavy atom. The van der Waals surface area contributed by atoms with Gasteiger partial charge in [-0.2, -0.15) is 0 Å². The summed E-state index contributed by atoms with van der Waals surface area (Å²) in [4.78, 5) is 34.1. The van der Waals surface area contributed by atoms with E-state index in [4.69, 9.17) is 6.42 Å². The molecular weight excluding hydrogens is 208 g/mol. The van der Waals surface area contributed by atoms with E-state index in [9.17, 15) is 9.59 Å². The third-order valence-corrected chi connectivity index (χ3v) is 2.16. The summed E-state index contributed by atoms with van der Waals surface area (Å²) in [7, 11) is 0. The molecule has 0 fully saturated rings. The monoisotopic (exact) mass is 218 g/mol. The predicted molar refractivity (Wildman–Crippen MR) is 56.5 cm³/mol. The van der Waals surface area contributed by atoms with Crippen molar-refractivity contribution in [2.45, 2.75) is 26.1 Å². The van der Waals surface area contributed by atoms with Gasteiger partial charge in [-0.25, -0.2) is 19.3 Å². The Labute approximate surface area is 90.4 Å². The highest BCUT2D eigenvalue weighted by atomic mass is 16.2. The molecule has 2 rings (SSSR count). The fourth-order valence-corrected chi connectivity index (χ4v) is 1.54. The summed E-state index contributed by atoms with van der Waals surface area (Å²) < 4.78 is 0.930. The summed E-state index contributed by atoms with van der Waals surface area (Å²) >= 11 is 0. The van der Waals surface area contributed by atoms with E-state index in [2.05, 4.69) is 20.9 Å². The van der Waals surface area contributed by atoms with Crippen LogP contribution in [0.1, 0.15) is 13.8 Å². The van der Waals surface area contributed by atoms with Crippen molar-refractivity contribution in [1.29, 1.82) is 0 Å². The van der Waals surface area contributed by atoms with Crippen molar-refractivity contribution >= 4 is 0 Å². The number of hydrogen-bond acceptors (Lipinski definition) is 4. The van der Waals surface area contributed by atoms with Gasteiger partial charge >= 0.3 is 5.69 Å². The summed E-state index contributed by atoms with van der Waals surface area (Å²) in [6.45, 7) is 3.42. The molecule has 0 saturated carbocycles. The van der Waals surface area contributed by atoms with Gasteiger partial charge in [0, 0.05) is 0 Å². The highest BCUT2D eigenvalue weighted by molar-refractivity contribution is 4.97. The lowest BCUT2D eigenvalue weighted by atomic mass is 10.3. The lowest BCUT2D eigenvalue weighted by molar-refractivity contribution is 0.546. The minimum Gasteiger partial charge on any atom is -0.290 e. The number of terminal acetylenes is 1. The quantitative estimate of drug-likeness (QED) is 0.562. The maximum Gasteiger partial charge on any atom is 0.330 e. The standard InChI is InChI=1S/C10H10N4O2/c1-4-5-14-8(15)6-7(11-9(14)16)13-10(2,3)12-6/h1H,5H2,2-3H3,(H,11,13,16). The molecule has 1 aromatic heterocycles. The van der Waals surface area contributed by atoms with Gasteiger partial charge in [0.05, 0.1) is 6.54 Å². The molecule has 0 radical (unpaired) electrons. The van der Waals surface area contributed by atoms with Crippen LogP contribution in [0, 0.1) is 12.3 Å². The Balaban J connectivity index is 2.91. The summed E-state index contributed by atoms with van der Waals surface area (Å²) in [5, 5.41) is 0.167. The highest BCUT2D eigenvalue weighted by Gasteiger charge is 2.21. The molecule has 0 unspecified atom stereocenters. The molecule has 16 heavy (non-hydrogen) atoms. The van der Waals surface area contributed by atoms with Crippen molar-refractivity contribution in [1.82, 2.24) is 9.55 Å². The minimum atomic E-state index is -0.709. The van der Waals surface area contributed by atoms with Gasteiger partial charge < -0.3 is 0 Å². The zero-order valence-electron chi connectivity index (χ0n) is 8.94. The van der Waals surface area contributed by atoms with Crippen LogP contribution in [0.5, 0.6) is 0 Å². The molecule has 1 aliphatic rings. The maximum absolute atomic E-state index is 11.9. The molecule has 2 heterocycles. The van der Waals surface area contributed by atoms with Crippen LogP contribution in [-0.4, -0.2) is 15.2 Å². The smallest absolute Gasteiger partial charge is 0.290 e. The largest absolute Gasteiger partial charge is 0.330 e. The molecule has 1 N–H and O–H groups in total. The van der Waals surface area contributed by atoms with Crippen molar-refractivity contribution in [3.63, 3.8) is 0 Å². The summed E-state index contributed by atoms with van der Waals surface area (Å²) in [6.07, 6.45) is 5.08. The van der Waals surface area contributed by atoms with E-state index in [0.717, 1.165) is 4.57 Å². The second-order valence-electron chi connectivity index (χ2n) is 3.94. The van der Waals surface area contributed by atoms with Crippen molar-refractivity contribution < 1.29 is 0 Å². The zero-order chi connectivity index (χ0) is 11.9.